The first-order valence-corrected chi connectivity index (χ1v) is 5.95. The van der Waals surface area contributed by atoms with Crippen molar-refractivity contribution in [3.63, 3.8) is 0 Å². The topological polar surface area (TPSA) is 24.9 Å². The van der Waals surface area contributed by atoms with E-state index < -0.39 is 0 Å². The molecule has 84 valence electrons. The summed E-state index contributed by atoms with van der Waals surface area (Å²) in [6, 6.07) is 12.5. The third kappa shape index (κ3) is 2.80. The third-order valence-corrected chi connectivity index (χ3v) is 2.64. The van der Waals surface area contributed by atoms with Crippen LogP contribution in [-0.4, -0.2) is 18.1 Å². The van der Waals surface area contributed by atoms with Gasteiger partial charge in [-0.3, -0.25) is 4.98 Å². The van der Waals surface area contributed by atoms with Gasteiger partial charge in [0.05, 0.1) is 5.52 Å². The second-order valence-corrected chi connectivity index (χ2v) is 4.00. The highest BCUT2D eigenvalue weighted by atomic mass is 14.8. The Morgan fingerprint density at radius 3 is 2.81 bits per heavy atom. The first-order chi connectivity index (χ1) is 7.90. The first kappa shape index (κ1) is 11.1. The lowest BCUT2D eigenvalue weighted by Gasteiger charge is -2.04. The molecule has 2 nitrogen and oxygen atoms in total. The molecule has 0 fully saturated rings. The average Bonchev–Trinajstić information content (AvgIpc) is 2.34. The van der Waals surface area contributed by atoms with Gasteiger partial charge in [0.15, 0.2) is 0 Å². The molecule has 2 aromatic rings. The number of pyridine rings is 1. The maximum absolute atomic E-state index is 4.63. The molecule has 0 aliphatic rings. The van der Waals surface area contributed by atoms with Crippen LogP contribution >= 0.6 is 0 Å². The molecule has 2 heteroatoms. The van der Waals surface area contributed by atoms with Crippen LogP contribution in [0.25, 0.3) is 10.9 Å². The minimum absolute atomic E-state index is 1.00. The fourth-order valence-corrected chi connectivity index (χ4v) is 1.77. The van der Waals surface area contributed by atoms with E-state index in [9.17, 15) is 0 Å². The van der Waals surface area contributed by atoms with Crippen LogP contribution in [0, 0.1) is 0 Å². The Hall–Kier alpha value is -1.41. The number of benzene rings is 1. The molecule has 0 aliphatic carbocycles. The smallest absolute Gasteiger partial charge is 0.0705 e. The largest absolute Gasteiger partial charge is 0.316 e. The van der Waals surface area contributed by atoms with E-state index in [0.29, 0.717) is 0 Å². The monoisotopic (exact) mass is 214 g/mol. The van der Waals surface area contributed by atoms with Crippen molar-refractivity contribution < 1.29 is 0 Å². The Bertz CT molecular complexity index is 451. The normalized spacial score (nSPS) is 10.8. The molecule has 0 saturated carbocycles. The van der Waals surface area contributed by atoms with Crippen molar-refractivity contribution in [1.29, 1.82) is 0 Å². The van der Waals surface area contributed by atoms with Gasteiger partial charge in [-0.05, 0) is 25.1 Å². The molecule has 1 N–H and O–H groups in total. The van der Waals surface area contributed by atoms with E-state index in [4.69, 9.17) is 0 Å². The lowest BCUT2D eigenvalue weighted by molar-refractivity contribution is 0.666. The van der Waals surface area contributed by atoms with Gasteiger partial charge in [0.1, 0.15) is 0 Å². The minimum atomic E-state index is 1.00. The molecule has 1 aromatic heterocycles. The number of fused-ring (bicyclic) bond motifs is 1. The number of para-hydroxylation sites is 1. The third-order valence-electron chi connectivity index (χ3n) is 2.64. The number of aromatic nitrogens is 1. The summed E-state index contributed by atoms with van der Waals surface area (Å²) in [6.45, 7) is 4.29. The van der Waals surface area contributed by atoms with E-state index in [1.807, 2.05) is 12.1 Å². The Morgan fingerprint density at radius 2 is 1.94 bits per heavy atom. The second-order valence-electron chi connectivity index (χ2n) is 4.00. The van der Waals surface area contributed by atoms with E-state index in [-0.39, 0.29) is 0 Å². The summed E-state index contributed by atoms with van der Waals surface area (Å²) >= 11 is 0. The van der Waals surface area contributed by atoms with E-state index in [1.165, 1.54) is 17.5 Å². The number of rotatable bonds is 5. The molecule has 0 saturated heterocycles. The number of nitrogens with one attached hydrogen (secondary N) is 1. The molecule has 2 rings (SSSR count). The summed E-state index contributed by atoms with van der Waals surface area (Å²) in [5, 5.41) is 4.61. The van der Waals surface area contributed by atoms with E-state index in [0.717, 1.165) is 25.0 Å². The summed E-state index contributed by atoms with van der Waals surface area (Å²) in [4.78, 5) is 4.63. The van der Waals surface area contributed by atoms with Crippen LogP contribution in [0.1, 0.15) is 19.0 Å². The van der Waals surface area contributed by atoms with Crippen molar-refractivity contribution in [2.45, 2.75) is 19.8 Å². The van der Waals surface area contributed by atoms with Crippen molar-refractivity contribution in [2.75, 3.05) is 13.1 Å². The molecule has 16 heavy (non-hydrogen) atoms. The van der Waals surface area contributed by atoms with Gasteiger partial charge in [-0.25, -0.2) is 0 Å². The van der Waals surface area contributed by atoms with Gasteiger partial charge in [-0.2, -0.15) is 0 Å². The Balaban J connectivity index is 2.02. The lowest BCUT2D eigenvalue weighted by atomic mass is 10.2. The van der Waals surface area contributed by atoms with Gasteiger partial charge in [0.25, 0.3) is 0 Å². The molecule has 1 heterocycles. The van der Waals surface area contributed by atoms with Crippen molar-refractivity contribution >= 4 is 10.9 Å². The zero-order valence-electron chi connectivity index (χ0n) is 9.74. The zero-order valence-corrected chi connectivity index (χ0v) is 9.74. The van der Waals surface area contributed by atoms with Crippen LogP contribution in [0.15, 0.2) is 36.4 Å². The molecule has 0 unspecified atom stereocenters. The molecular formula is C14H18N2. The van der Waals surface area contributed by atoms with Crippen LogP contribution in [0.5, 0.6) is 0 Å². The van der Waals surface area contributed by atoms with Gasteiger partial charge in [0.2, 0.25) is 0 Å². The van der Waals surface area contributed by atoms with E-state index in [1.54, 1.807) is 0 Å². The Kier molecular flexibility index (Phi) is 3.89. The molecular weight excluding hydrogens is 196 g/mol. The highest BCUT2D eigenvalue weighted by molar-refractivity contribution is 5.78. The maximum atomic E-state index is 4.63. The van der Waals surface area contributed by atoms with Gasteiger partial charge in [-0.15, -0.1) is 0 Å². The average molecular weight is 214 g/mol. The second kappa shape index (κ2) is 5.61. The summed E-state index contributed by atoms with van der Waals surface area (Å²) in [7, 11) is 0. The predicted molar refractivity (Wildman–Crippen MR) is 68.6 cm³/mol. The van der Waals surface area contributed by atoms with Crippen LogP contribution in [0.3, 0.4) is 0 Å². The van der Waals surface area contributed by atoms with Crippen molar-refractivity contribution in [2.24, 2.45) is 0 Å². The first-order valence-electron chi connectivity index (χ1n) is 5.95. The molecule has 1 aromatic carbocycles. The van der Waals surface area contributed by atoms with Crippen molar-refractivity contribution in [3.8, 4) is 0 Å². The maximum Gasteiger partial charge on any atom is 0.0705 e. The van der Waals surface area contributed by atoms with Gasteiger partial charge >= 0.3 is 0 Å². The van der Waals surface area contributed by atoms with Crippen LogP contribution in [-0.2, 0) is 6.42 Å². The zero-order chi connectivity index (χ0) is 11.2. The molecule has 0 atom stereocenters. The summed E-state index contributed by atoms with van der Waals surface area (Å²) < 4.78 is 0. The van der Waals surface area contributed by atoms with Crippen LogP contribution < -0.4 is 5.32 Å². The Morgan fingerprint density at radius 1 is 1.06 bits per heavy atom. The Labute approximate surface area is 96.7 Å². The van der Waals surface area contributed by atoms with Gasteiger partial charge in [-0.1, -0.05) is 31.2 Å². The quantitative estimate of drug-likeness (QED) is 0.774. The van der Waals surface area contributed by atoms with Gasteiger partial charge in [0, 0.05) is 24.0 Å². The van der Waals surface area contributed by atoms with Crippen molar-refractivity contribution in [1.82, 2.24) is 10.3 Å². The number of hydrogen-bond donors (Lipinski definition) is 1. The van der Waals surface area contributed by atoms with Crippen molar-refractivity contribution in [3.05, 3.63) is 42.1 Å². The van der Waals surface area contributed by atoms with E-state index in [2.05, 4.69) is 41.5 Å². The number of hydrogen-bond acceptors (Lipinski definition) is 2. The minimum Gasteiger partial charge on any atom is -0.316 e. The van der Waals surface area contributed by atoms with E-state index >= 15 is 0 Å². The van der Waals surface area contributed by atoms with Crippen LogP contribution in [0.2, 0.25) is 0 Å². The number of nitrogens with zero attached hydrogens (tertiary/aromatic N) is 1. The fraction of sp³-hybridized carbons (Fsp3) is 0.357. The summed E-state index contributed by atoms with van der Waals surface area (Å²) in [5.74, 6) is 0. The molecule has 0 aliphatic heterocycles. The predicted octanol–water partition coefficient (Wildman–Crippen LogP) is 2.78. The molecule has 0 amide bonds. The highest BCUT2D eigenvalue weighted by Crippen LogP contribution is 2.11. The highest BCUT2D eigenvalue weighted by Gasteiger charge is 1.97. The van der Waals surface area contributed by atoms with Gasteiger partial charge < -0.3 is 5.32 Å². The summed E-state index contributed by atoms with van der Waals surface area (Å²) in [6.07, 6.45) is 2.19. The molecule has 0 spiro atoms. The SMILES string of the molecule is CCCNCCc1ccc2ccccc2n1. The summed E-state index contributed by atoms with van der Waals surface area (Å²) in [5.41, 5.74) is 2.26. The standard InChI is InChI=1S/C14H18N2/c1-2-10-15-11-9-13-8-7-12-5-3-4-6-14(12)16-13/h3-8,15H,2,9-11H2,1H3. The fourth-order valence-electron chi connectivity index (χ4n) is 1.77. The lowest BCUT2D eigenvalue weighted by Crippen LogP contribution is -2.18. The molecule has 0 bridgehead atoms. The van der Waals surface area contributed by atoms with Crippen LogP contribution in [0.4, 0.5) is 0 Å². The molecule has 0 radical (unpaired) electrons.